The summed E-state index contributed by atoms with van der Waals surface area (Å²) in [6.45, 7) is 2.36. The van der Waals surface area contributed by atoms with Crippen molar-refractivity contribution >= 4 is 11.7 Å². The van der Waals surface area contributed by atoms with Crippen LogP contribution >= 0.6 is 0 Å². The molecule has 8 nitrogen and oxygen atoms in total. The molecular formula is C16H22N6O2. The lowest BCUT2D eigenvalue weighted by atomic mass is 10.0. The van der Waals surface area contributed by atoms with Crippen LogP contribution in [0.5, 0.6) is 0 Å². The SMILES string of the molecule is CNc1cnc(CC2COCCN(C(=O)c3ccn(C)n3)C2)cn1. The van der Waals surface area contributed by atoms with Crippen molar-refractivity contribution in [2.24, 2.45) is 13.0 Å². The summed E-state index contributed by atoms with van der Waals surface area (Å²) in [4.78, 5) is 23.1. The fourth-order valence-electron chi connectivity index (χ4n) is 2.76. The highest BCUT2D eigenvalue weighted by Gasteiger charge is 2.25. The summed E-state index contributed by atoms with van der Waals surface area (Å²) in [5.41, 5.74) is 1.37. The van der Waals surface area contributed by atoms with Crippen LogP contribution in [0.25, 0.3) is 0 Å². The van der Waals surface area contributed by atoms with E-state index in [9.17, 15) is 4.79 Å². The van der Waals surface area contributed by atoms with E-state index >= 15 is 0 Å². The highest BCUT2D eigenvalue weighted by Crippen LogP contribution is 2.15. The Labute approximate surface area is 140 Å². The predicted octanol–water partition coefficient (Wildman–Crippen LogP) is 0.583. The first-order valence-corrected chi connectivity index (χ1v) is 8.01. The van der Waals surface area contributed by atoms with Gasteiger partial charge in [0.05, 0.1) is 31.3 Å². The van der Waals surface area contributed by atoms with Gasteiger partial charge in [0.15, 0.2) is 0 Å². The zero-order chi connectivity index (χ0) is 16.9. The Balaban J connectivity index is 1.66. The molecule has 1 saturated heterocycles. The number of nitrogens with zero attached hydrogens (tertiary/aromatic N) is 5. The van der Waals surface area contributed by atoms with E-state index in [0.29, 0.717) is 32.0 Å². The summed E-state index contributed by atoms with van der Waals surface area (Å²) in [6, 6.07) is 1.74. The van der Waals surface area contributed by atoms with Crippen LogP contribution in [0.1, 0.15) is 16.2 Å². The number of aromatic nitrogens is 4. The van der Waals surface area contributed by atoms with Gasteiger partial charge in [-0.2, -0.15) is 5.10 Å². The molecule has 0 aromatic carbocycles. The molecule has 1 aliphatic rings. The Morgan fingerprint density at radius 2 is 2.29 bits per heavy atom. The van der Waals surface area contributed by atoms with Crippen molar-refractivity contribution in [1.29, 1.82) is 0 Å². The Hall–Kier alpha value is -2.48. The van der Waals surface area contributed by atoms with E-state index in [2.05, 4.69) is 20.4 Å². The van der Waals surface area contributed by atoms with Crippen LogP contribution in [-0.4, -0.2) is 63.9 Å². The lowest BCUT2D eigenvalue weighted by Crippen LogP contribution is -2.36. The Bertz CT molecular complexity index is 684. The number of carbonyl (C=O) groups is 1. The molecule has 0 bridgehead atoms. The normalized spacial score (nSPS) is 18.2. The summed E-state index contributed by atoms with van der Waals surface area (Å²) in [5, 5.41) is 7.15. The summed E-state index contributed by atoms with van der Waals surface area (Å²) in [5.74, 6) is 0.875. The van der Waals surface area contributed by atoms with E-state index in [1.807, 2.05) is 11.9 Å². The monoisotopic (exact) mass is 330 g/mol. The van der Waals surface area contributed by atoms with E-state index in [1.54, 1.807) is 36.4 Å². The average molecular weight is 330 g/mol. The molecule has 0 saturated carbocycles. The second-order valence-corrected chi connectivity index (χ2v) is 5.91. The number of amides is 1. The van der Waals surface area contributed by atoms with Gasteiger partial charge in [0.25, 0.3) is 5.91 Å². The second kappa shape index (κ2) is 7.39. The minimum Gasteiger partial charge on any atom is -0.379 e. The van der Waals surface area contributed by atoms with Gasteiger partial charge in [-0.1, -0.05) is 0 Å². The van der Waals surface area contributed by atoms with Crippen LogP contribution in [0.3, 0.4) is 0 Å². The van der Waals surface area contributed by atoms with E-state index in [4.69, 9.17) is 4.74 Å². The standard InChI is InChI=1S/C16H22N6O2/c1-17-15-9-18-13(8-19-15)7-12-10-22(5-6-24-11-12)16(23)14-3-4-21(2)20-14/h3-4,8-9,12H,5-7,10-11H2,1-2H3,(H,17,19). The summed E-state index contributed by atoms with van der Waals surface area (Å²) in [7, 11) is 3.61. The summed E-state index contributed by atoms with van der Waals surface area (Å²) >= 11 is 0. The molecule has 24 heavy (non-hydrogen) atoms. The highest BCUT2D eigenvalue weighted by molar-refractivity contribution is 5.92. The van der Waals surface area contributed by atoms with Crippen LogP contribution in [0.15, 0.2) is 24.7 Å². The highest BCUT2D eigenvalue weighted by atomic mass is 16.5. The van der Waals surface area contributed by atoms with Crippen LogP contribution < -0.4 is 5.32 Å². The Morgan fingerprint density at radius 1 is 1.42 bits per heavy atom. The van der Waals surface area contributed by atoms with Gasteiger partial charge >= 0.3 is 0 Å². The van der Waals surface area contributed by atoms with Crippen molar-refractivity contribution < 1.29 is 9.53 Å². The topological polar surface area (TPSA) is 85.2 Å². The van der Waals surface area contributed by atoms with E-state index in [0.717, 1.165) is 17.9 Å². The maximum atomic E-state index is 12.6. The molecule has 1 atom stereocenters. The van der Waals surface area contributed by atoms with Crippen LogP contribution in [-0.2, 0) is 18.2 Å². The van der Waals surface area contributed by atoms with E-state index in [-0.39, 0.29) is 11.8 Å². The molecule has 0 aliphatic carbocycles. The molecule has 2 aromatic rings. The van der Waals surface area contributed by atoms with Gasteiger partial charge in [0, 0.05) is 39.3 Å². The molecule has 8 heteroatoms. The van der Waals surface area contributed by atoms with Gasteiger partial charge in [-0.15, -0.1) is 0 Å². The zero-order valence-electron chi connectivity index (χ0n) is 14.0. The van der Waals surface area contributed by atoms with Crippen molar-refractivity contribution in [3.05, 3.63) is 36.0 Å². The second-order valence-electron chi connectivity index (χ2n) is 5.91. The number of aryl methyl sites for hydroxylation is 1. The molecule has 1 amide bonds. The quantitative estimate of drug-likeness (QED) is 0.883. The van der Waals surface area contributed by atoms with Gasteiger partial charge in [0.1, 0.15) is 11.5 Å². The smallest absolute Gasteiger partial charge is 0.274 e. The molecule has 3 rings (SSSR count). The van der Waals surface area contributed by atoms with Crippen LogP contribution in [0, 0.1) is 5.92 Å². The number of rotatable bonds is 4. The van der Waals surface area contributed by atoms with Gasteiger partial charge in [-0.05, 0) is 12.5 Å². The minimum atomic E-state index is -0.0530. The van der Waals surface area contributed by atoms with Crippen molar-refractivity contribution in [1.82, 2.24) is 24.6 Å². The molecule has 0 spiro atoms. The maximum Gasteiger partial charge on any atom is 0.274 e. The molecule has 2 aromatic heterocycles. The number of anilines is 1. The van der Waals surface area contributed by atoms with Gasteiger partial charge in [-0.3, -0.25) is 14.5 Å². The number of hydrogen-bond acceptors (Lipinski definition) is 6. The molecule has 128 valence electrons. The largest absolute Gasteiger partial charge is 0.379 e. The number of ether oxygens (including phenoxy) is 1. The fraction of sp³-hybridized carbons (Fsp3) is 0.500. The van der Waals surface area contributed by atoms with Crippen molar-refractivity contribution in [3.8, 4) is 0 Å². The molecular weight excluding hydrogens is 308 g/mol. The number of nitrogens with one attached hydrogen (secondary N) is 1. The van der Waals surface area contributed by atoms with Crippen LogP contribution in [0.4, 0.5) is 5.82 Å². The molecule has 1 N–H and O–H groups in total. The molecule has 1 unspecified atom stereocenters. The first-order valence-electron chi connectivity index (χ1n) is 8.01. The fourth-order valence-corrected chi connectivity index (χ4v) is 2.76. The number of hydrogen-bond donors (Lipinski definition) is 1. The average Bonchev–Trinajstić information content (AvgIpc) is 2.90. The molecule has 3 heterocycles. The molecule has 1 fully saturated rings. The third-order valence-electron chi connectivity index (χ3n) is 4.02. The lowest BCUT2D eigenvalue weighted by Gasteiger charge is -2.22. The van der Waals surface area contributed by atoms with Crippen molar-refractivity contribution in [2.75, 3.05) is 38.7 Å². The first kappa shape index (κ1) is 16.4. The van der Waals surface area contributed by atoms with E-state index in [1.165, 1.54) is 0 Å². The van der Waals surface area contributed by atoms with Crippen LogP contribution in [0.2, 0.25) is 0 Å². The maximum absolute atomic E-state index is 12.6. The number of carbonyl (C=O) groups excluding carboxylic acids is 1. The summed E-state index contributed by atoms with van der Waals surface area (Å²) < 4.78 is 7.30. The third-order valence-corrected chi connectivity index (χ3v) is 4.02. The van der Waals surface area contributed by atoms with Crippen molar-refractivity contribution in [3.63, 3.8) is 0 Å². The lowest BCUT2D eigenvalue weighted by molar-refractivity contribution is 0.0730. The molecule has 1 aliphatic heterocycles. The predicted molar refractivity (Wildman–Crippen MR) is 88.7 cm³/mol. The first-order chi connectivity index (χ1) is 11.7. The van der Waals surface area contributed by atoms with Crippen molar-refractivity contribution in [2.45, 2.75) is 6.42 Å². The van der Waals surface area contributed by atoms with Gasteiger partial charge in [-0.25, -0.2) is 4.98 Å². The molecule has 0 radical (unpaired) electrons. The zero-order valence-corrected chi connectivity index (χ0v) is 14.0. The van der Waals surface area contributed by atoms with E-state index < -0.39 is 0 Å². The van der Waals surface area contributed by atoms with Gasteiger partial charge in [0.2, 0.25) is 0 Å². The summed E-state index contributed by atoms with van der Waals surface area (Å²) in [6.07, 6.45) is 5.98. The van der Waals surface area contributed by atoms with Gasteiger partial charge < -0.3 is 15.0 Å². The Kier molecular flexibility index (Phi) is 5.05. The third kappa shape index (κ3) is 3.88. The minimum absolute atomic E-state index is 0.0530. The Morgan fingerprint density at radius 3 is 2.96 bits per heavy atom.